The largest absolute Gasteiger partial charge is 0.503 e. The highest BCUT2D eigenvalue weighted by Gasteiger charge is 2.44. The molecule has 1 atom stereocenters. The first-order valence-corrected chi connectivity index (χ1v) is 11.2. The summed E-state index contributed by atoms with van der Waals surface area (Å²) in [7, 11) is 0. The summed E-state index contributed by atoms with van der Waals surface area (Å²) in [6.45, 7) is 8.03. The summed E-state index contributed by atoms with van der Waals surface area (Å²) in [4.78, 5) is 39.3. The summed E-state index contributed by atoms with van der Waals surface area (Å²) in [6, 6.07) is 2.93. The number of hydrogen-bond donors (Lipinski definition) is 1. The number of ketones is 1. The highest BCUT2D eigenvalue weighted by atomic mass is 32.1. The first-order chi connectivity index (χ1) is 15.0. The summed E-state index contributed by atoms with van der Waals surface area (Å²) in [5, 5.41) is 11.5. The Hall–Kier alpha value is -2.62. The molecule has 0 bridgehead atoms. The van der Waals surface area contributed by atoms with Crippen LogP contribution in [0.3, 0.4) is 0 Å². The molecule has 4 rings (SSSR count). The van der Waals surface area contributed by atoms with Crippen LogP contribution in [-0.4, -0.2) is 76.0 Å². The summed E-state index contributed by atoms with van der Waals surface area (Å²) in [5.74, 6) is -1.34. The number of aliphatic hydroxyl groups excluding tert-OH is 1. The van der Waals surface area contributed by atoms with Gasteiger partial charge < -0.3 is 14.7 Å². The quantitative estimate of drug-likeness (QED) is 0.658. The van der Waals surface area contributed by atoms with Crippen LogP contribution in [-0.2, 0) is 9.53 Å². The van der Waals surface area contributed by atoms with E-state index in [1.807, 2.05) is 13.0 Å². The van der Waals surface area contributed by atoms with Crippen LogP contribution in [0.2, 0.25) is 0 Å². The third kappa shape index (κ3) is 4.39. The fourth-order valence-electron chi connectivity index (χ4n) is 4.15. The first-order valence-electron chi connectivity index (χ1n) is 10.4. The van der Waals surface area contributed by atoms with Crippen molar-refractivity contribution in [1.82, 2.24) is 19.8 Å². The summed E-state index contributed by atoms with van der Waals surface area (Å²) in [5.41, 5.74) is 1.42. The van der Waals surface area contributed by atoms with Crippen LogP contribution in [0.4, 0.5) is 0 Å². The molecule has 9 heteroatoms. The van der Waals surface area contributed by atoms with E-state index in [1.54, 1.807) is 30.3 Å². The fourth-order valence-corrected chi connectivity index (χ4v) is 5.03. The van der Waals surface area contributed by atoms with Gasteiger partial charge in [0.15, 0.2) is 5.76 Å². The zero-order valence-corrected chi connectivity index (χ0v) is 18.5. The van der Waals surface area contributed by atoms with E-state index < -0.39 is 17.7 Å². The minimum absolute atomic E-state index is 0.108. The number of ether oxygens (including phenoxy) is 1. The fraction of sp³-hybridized carbons (Fsp3) is 0.455. The lowest BCUT2D eigenvalue weighted by Gasteiger charge is -2.29. The van der Waals surface area contributed by atoms with Crippen molar-refractivity contribution in [2.24, 2.45) is 0 Å². The SMILES string of the molecule is Cc1nc(C)c(C(=O)C2=C(O)C(=O)N(CCCN3CCOCC3)C2c2cccnc2)s1. The minimum Gasteiger partial charge on any atom is -0.503 e. The topological polar surface area (TPSA) is 95.9 Å². The molecule has 1 amide bonds. The maximum Gasteiger partial charge on any atom is 0.290 e. The molecule has 2 aromatic heterocycles. The van der Waals surface area contributed by atoms with Crippen LogP contribution in [0.1, 0.15) is 38.4 Å². The average molecular weight is 443 g/mol. The molecule has 1 unspecified atom stereocenters. The van der Waals surface area contributed by atoms with Crippen LogP contribution in [0.15, 0.2) is 35.9 Å². The molecule has 0 spiro atoms. The van der Waals surface area contributed by atoms with Crippen LogP contribution < -0.4 is 0 Å². The molecule has 1 fully saturated rings. The number of aromatic nitrogens is 2. The Kier molecular flexibility index (Phi) is 6.45. The number of aliphatic hydroxyl groups is 1. The van der Waals surface area contributed by atoms with Crippen LogP contribution in [0.25, 0.3) is 0 Å². The Morgan fingerprint density at radius 2 is 2.06 bits per heavy atom. The van der Waals surface area contributed by atoms with Crippen molar-refractivity contribution in [2.45, 2.75) is 26.3 Å². The van der Waals surface area contributed by atoms with Crippen LogP contribution in [0.5, 0.6) is 0 Å². The molecular weight excluding hydrogens is 416 g/mol. The average Bonchev–Trinajstić information content (AvgIpc) is 3.25. The van der Waals surface area contributed by atoms with Crippen molar-refractivity contribution in [2.75, 3.05) is 39.4 Å². The minimum atomic E-state index is -0.666. The summed E-state index contributed by atoms with van der Waals surface area (Å²) < 4.78 is 5.38. The molecular formula is C22H26N4O4S. The number of aryl methyl sites for hydroxylation is 2. The van der Waals surface area contributed by atoms with Gasteiger partial charge in [-0.15, -0.1) is 11.3 Å². The monoisotopic (exact) mass is 442 g/mol. The number of nitrogens with zero attached hydrogens (tertiary/aromatic N) is 4. The summed E-state index contributed by atoms with van der Waals surface area (Å²) in [6.07, 6.45) is 4.02. The van der Waals surface area contributed by atoms with Crippen molar-refractivity contribution in [3.8, 4) is 0 Å². The molecule has 1 saturated heterocycles. The molecule has 31 heavy (non-hydrogen) atoms. The van der Waals surface area contributed by atoms with Gasteiger partial charge in [0.1, 0.15) is 0 Å². The van der Waals surface area contributed by atoms with Gasteiger partial charge in [-0.3, -0.25) is 19.5 Å². The maximum absolute atomic E-state index is 13.4. The molecule has 1 N–H and O–H groups in total. The molecule has 8 nitrogen and oxygen atoms in total. The Morgan fingerprint density at radius 1 is 1.29 bits per heavy atom. The van der Waals surface area contributed by atoms with E-state index in [9.17, 15) is 14.7 Å². The van der Waals surface area contributed by atoms with Crippen LogP contribution in [0, 0.1) is 13.8 Å². The van der Waals surface area contributed by atoms with Crippen molar-refractivity contribution in [3.63, 3.8) is 0 Å². The molecule has 164 valence electrons. The van der Waals surface area contributed by atoms with Gasteiger partial charge in [-0.05, 0) is 31.9 Å². The van der Waals surface area contributed by atoms with Gasteiger partial charge in [-0.2, -0.15) is 0 Å². The van der Waals surface area contributed by atoms with E-state index in [-0.39, 0.29) is 11.4 Å². The number of pyridine rings is 1. The summed E-state index contributed by atoms with van der Waals surface area (Å²) >= 11 is 1.28. The number of carbonyl (C=O) groups excluding carboxylic acids is 2. The van der Waals surface area contributed by atoms with E-state index in [0.29, 0.717) is 22.7 Å². The number of thiazole rings is 1. The van der Waals surface area contributed by atoms with Gasteiger partial charge in [0.2, 0.25) is 5.78 Å². The lowest BCUT2D eigenvalue weighted by molar-refractivity contribution is -0.129. The second-order valence-electron chi connectivity index (χ2n) is 7.73. The molecule has 0 aliphatic carbocycles. The van der Waals surface area contributed by atoms with Crippen molar-refractivity contribution in [3.05, 3.63) is 57.0 Å². The molecule has 2 aromatic rings. The molecule has 2 aliphatic heterocycles. The molecule has 0 saturated carbocycles. The Balaban J connectivity index is 1.61. The highest BCUT2D eigenvalue weighted by Crippen LogP contribution is 2.39. The second kappa shape index (κ2) is 9.25. The number of Topliss-reactive ketones (excluding diaryl/α,β-unsaturated/α-hetero) is 1. The number of carbonyl (C=O) groups is 2. The lowest BCUT2D eigenvalue weighted by atomic mass is 9.96. The Morgan fingerprint density at radius 3 is 2.71 bits per heavy atom. The maximum atomic E-state index is 13.4. The third-order valence-corrected chi connectivity index (χ3v) is 6.71. The zero-order chi connectivity index (χ0) is 22.0. The Labute approximate surface area is 185 Å². The molecule has 4 heterocycles. The molecule has 0 radical (unpaired) electrons. The van der Waals surface area contributed by atoms with Gasteiger partial charge in [0.25, 0.3) is 5.91 Å². The molecule has 2 aliphatic rings. The second-order valence-corrected chi connectivity index (χ2v) is 8.94. The lowest BCUT2D eigenvalue weighted by Crippen LogP contribution is -2.39. The van der Waals surface area contributed by atoms with Gasteiger partial charge in [-0.25, -0.2) is 4.98 Å². The highest BCUT2D eigenvalue weighted by molar-refractivity contribution is 7.14. The zero-order valence-electron chi connectivity index (χ0n) is 17.7. The van der Waals surface area contributed by atoms with E-state index in [1.165, 1.54) is 11.3 Å². The number of morpholine rings is 1. The standard InChI is InChI=1S/C22H26N4O4S/c1-14-21(31-15(2)24-14)19(27)17-18(16-5-3-6-23-13-16)26(22(29)20(17)28)8-4-7-25-9-11-30-12-10-25/h3,5-6,13,18,28H,4,7-12H2,1-2H3. The Bertz CT molecular complexity index is 998. The predicted molar refractivity (Wildman–Crippen MR) is 116 cm³/mol. The van der Waals surface area contributed by atoms with E-state index in [0.717, 1.165) is 44.3 Å². The predicted octanol–water partition coefficient (Wildman–Crippen LogP) is 2.46. The smallest absolute Gasteiger partial charge is 0.290 e. The normalized spacial score (nSPS) is 20.0. The third-order valence-electron chi connectivity index (χ3n) is 5.64. The first kappa shape index (κ1) is 21.6. The number of hydrogen-bond acceptors (Lipinski definition) is 8. The van der Waals surface area contributed by atoms with Crippen LogP contribution >= 0.6 is 11.3 Å². The number of rotatable bonds is 7. The van der Waals surface area contributed by atoms with Gasteiger partial charge >= 0.3 is 0 Å². The van der Waals surface area contributed by atoms with Gasteiger partial charge in [0, 0.05) is 38.6 Å². The number of amides is 1. The van der Waals surface area contributed by atoms with E-state index in [2.05, 4.69) is 14.9 Å². The van der Waals surface area contributed by atoms with Gasteiger partial charge in [0.05, 0.1) is 40.4 Å². The van der Waals surface area contributed by atoms with Crippen molar-refractivity contribution in [1.29, 1.82) is 0 Å². The van der Waals surface area contributed by atoms with E-state index >= 15 is 0 Å². The molecule has 0 aromatic carbocycles. The van der Waals surface area contributed by atoms with Crippen molar-refractivity contribution >= 4 is 23.0 Å². The van der Waals surface area contributed by atoms with Gasteiger partial charge in [-0.1, -0.05) is 6.07 Å². The van der Waals surface area contributed by atoms with E-state index in [4.69, 9.17) is 4.74 Å². The van der Waals surface area contributed by atoms with Crippen molar-refractivity contribution < 1.29 is 19.4 Å².